The molecule has 6 heteroatoms. The SMILES string of the molecule is Cc1cncc(Nc2cc3nc4ccccc4n(-c4ccc(F)cc4)c-3cc2=NC(C)C)c1. The molecule has 2 aliphatic rings. The molecule has 33 heavy (non-hydrogen) atoms. The minimum atomic E-state index is -0.268. The topological polar surface area (TPSA) is 55.1 Å². The van der Waals surface area contributed by atoms with Crippen molar-refractivity contribution in [1.29, 1.82) is 0 Å². The van der Waals surface area contributed by atoms with Crippen molar-refractivity contribution >= 4 is 22.4 Å². The molecule has 1 N–H and O–H groups in total. The molecular weight excluding hydrogens is 413 g/mol. The van der Waals surface area contributed by atoms with Gasteiger partial charge in [0, 0.05) is 17.9 Å². The molecule has 0 amide bonds. The van der Waals surface area contributed by atoms with Crippen molar-refractivity contribution in [3.8, 4) is 17.1 Å². The predicted molar refractivity (Wildman–Crippen MR) is 131 cm³/mol. The van der Waals surface area contributed by atoms with Crippen LogP contribution in [0.3, 0.4) is 0 Å². The third-order valence-corrected chi connectivity index (χ3v) is 5.33. The summed E-state index contributed by atoms with van der Waals surface area (Å²) in [7, 11) is 0. The highest BCUT2D eigenvalue weighted by molar-refractivity contribution is 5.84. The normalized spacial score (nSPS) is 12.1. The number of para-hydroxylation sites is 2. The molecule has 0 atom stereocenters. The third kappa shape index (κ3) is 4.20. The van der Waals surface area contributed by atoms with E-state index < -0.39 is 0 Å². The molecule has 3 aromatic rings. The number of hydrogen-bond acceptors (Lipinski definition) is 4. The second-order valence-corrected chi connectivity index (χ2v) is 8.37. The number of aryl methyl sites for hydroxylation is 1. The van der Waals surface area contributed by atoms with Gasteiger partial charge < -0.3 is 9.88 Å². The van der Waals surface area contributed by atoms with E-state index in [-0.39, 0.29) is 11.9 Å². The molecule has 2 heterocycles. The average Bonchev–Trinajstić information content (AvgIpc) is 2.78. The molecule has 2 aromatic carbocycles. The number of hydrogen-bond donors (Lipinski definition) is 1. The molecule has 5 rings (SSSR count). The molecule has 0 saturated carbocycles. The number of fused-ring (bicyclic) bond motifs is 2. The Labute approximate surface area is 191 Å². The van der Waals surface area contributed by atoms with Gasteiger partial charge in [-0.05, 0) is 80.9 Å². The first-order valence-electron chi connectivity index (χ1n) is 10.9. The highest BCUT2D eigenvalue weighted by Crippen LogP contribution is 2.30. The molecule has 1 aliphatic carbocycles. The molecule has 0 unspecified atom stereocenters. The molecule has 0 spiro atoms. The lowest BCUT2D eigenvalue weighted by Crippen LogP contribution is -2.16. The predicted octanol–water partition coefficient (Wildman–Crippen LogP) is 6.03. The van der Waals surface area contributed by atoms with Crippen molar-refractivity contribution in [2.75, 3.05) is 5.32 Å². The van der Waals surface area contributed by atoms with Crippen LogP contribution < -0.4 is 10.7 Å². The third-order valence-electron chi connectivity index (χ3n) is 5.33. The van der Waals surface area contributed by atoms with Crippen molar-refractivity contribution in [3.05, 3.63) is 95.9 Å². The summed E-state index contributed by atoms with van der Waals surface area (Å²) in [5.74, 6) is -0.268. The van der Waals surface area contributed by atoms with Gasteiger partial charge in [-0.1, -0.05) is 12.1 Å². The van der Waals surface area contributed by atoms with Crippen LogP contribution in [0.5, 0.6) is 0 Å². The minimum absolute atomic E-state index is 0.103. The van der Waals surface area contributed by atoms with Gasteiger partial charge in [0.25, 0.3) is 0 Å². The number of nitrogens with zero attached hydrogens (tertiary/aromatic N) is 4. The molecule has 0 radical (unpaired) electrons. The number of aromatic nitrogens is 3. The first-order valence-corrected chi connectivity index (χ1v) is 10.9. The molecule has 0 bridgehead atoms. The largest absolute Gasteiger partial charge is 0.352 e. The molecular formula is C27H24FN5. The first kappa shape index (κ1) is 20.8. The quantitative estimate of drug-likeness (QED) is 0.350. The number of pyridine rings is 1. The zero-order valence-electron chi connectivity index (χ0n) is 18.7. The van der Waals surface area contributed by atoms with Crippen molar-refractivity contribution in [2.45, 2.75) is 26.8 Å². The Balaban J connectivity index is 1.82. The molecule has 5 nitrogen and oxygen atoms in total. The molecule has 164 valence electrons. The Bertz CT molecular complexity index is 1490. The van der Waals surface area contributed by atoms with Gasteiger partial charge in [0.2, 0.25) is 0 Å². The van der Waals surface area contributed by atoms with E-state index in [0.717, 1.165) is 50.4 Å². The van der Waals surface area contributed by atoms with Gasteiger partial charge in [-0.2, -0.15) is 0 Å². The van der Waals surface area contributed by atoms with Crippen LogP contribution >= 0.6 is 0 Å². The van der Waals surface area contributed by atoms with Gasteiger partial charge in [0.15, 0.2) is 0 Å². The standard InChI is InChI=1S/C27H24FN5/c1-17(2)30-24-14-27-25(13-23(24)31-20-12-18(3)15-29-16-20)32-22-6-4-5-7-26(22)33(27)21-10-8-19(28)9-11-21/h4-17,31H,1-3H3. The fourth-order valence-corrected chi connectivity index (χ4v) is 3.97. The highest BCUT2D eigenvalue weighted by Gasteiger charge is 2.17. The molecule has 1 aromatic heterocycles. The van der Waals surface area contributed by atoms with Gasteiger partial charge in [0.05, 0.1) is 45.4 Å². The van der Waals surface area contributed by atoms with E-state index in [0.29, 0.717) is 0 Å². The van der Waals surface area contributed by atoms with E-state index >= 15 is 0 Å². The Morgan fingerprint density at radius 3 is 2.52 bits per heavy atom. The van der Waals surface area contributed by atoms with Gasteiger partial charge in [-0.15, -0.1) is 0 Å². The number of benzene rings is 3. The van der Waals surface area contributed by atoms with E-state index in [1.165, 1.54) is 12.1 Å². The smallest absolute Gasteiger partial charge is 0.123 e. The Hall–Kier alpha value is -4.06. The van der Waals surface area contributed by atoms with Crippen LogP contribution in [0.25, 0.3) is 28.1 Å². The summed E-state index contributed by atoms with van der Waals surface area (Å²) in [5, 5.41) is 4.30. The van der Waals surface area contributed by atoms with Crippen molar-refractivity contribution in [1.82, 2.24) is 14.5 Å². The summed E-state index contributed by atoms with van der Waals surface area (Å²) in [6.07, 6.45) is 3.62. The van der Waals surface area contributed by atoms with Crippen molar-refractivity contribution in [3.63, 3.8) is 0 Å². The van der Waals surface area contributed by atoms with Crippen LogP contribution in [0.2, 0.25) is 0 Å². The van der Waals surface area contributed by atoms with Gasteiger partial charge in [0.1, 0.15) is 5.82 Å². The first-order chi connectivity index (χ1) is 16.0. The van der Waals surface area contributed by atoms with E-state index in [9.17, 15) is 4.39 Å². The van der Waals surface area contributed by atoms with Crippen LogP contribution in [-0.2, 0) is 0 Å². The van der Waals surface area contributed by atoms with Crippen molar-refractivity contribution < 1.29 is 4.39 Å². The maximum atomic E-state index is 13.7. The van der Waals surface area contributed by atoms with Crippen molar-refractivity contribution in [2.24, 2.45) is 4.99 Å². The summed E-state index contributed by atoms with van der Waals surface area (Å²) in [5.41, 5.74) is 7.18. The van der Waals surface area contributed by atoms with Crippen LogP contribution in [0.1, 0.15) is 19.4 Å². The molecule has 0 saturated heterocycles. The number of anilines is 2. The van der Waals surface area contributed by atoms with E-state index in [4.69, 9.17) is 9.98 Å². The monoisotopic (exact) mass is 437 g/mol. The maximum absolute atomic E-state index is 13.7. The zero-order chi connectivity index (χ0) is 22.9. The highest BCUT2D eigenvalue weighted by atomic mass is 19.1. The number of nitrogens with one attached hydrogen (secondary N) is 1. The number of rotatable bonds is 4. The lowest BCUT2D eigenvalue weighted by atomic mass is 10.1. The van der Waals surface area contributed by atoms with Gasteiger partial charge in [-0.3, -0.25) is 9.98 Å². The van der Waals surface area contributed by atoms with Crippen LogP contribution in [-0.4, -0.2) is 20.6 Å². The second kappa shape index (κ2) is 8.47. The zero-order valence-corrected chi connectivity index (χ0v) is 18.7. The minimum Gasteiger partial charge on any atom is -0.352 e. The summed E-state index contributed by atoms with van der Waals surface area (Å²) in [6.45, 7) is 6.11. The van der Waals surface area contributed by atoms with Crippen LogP contribution in [0.4, 0.5) is 15.8 Å². The second-order valence-electron chi connectivity index (χ2n) is 8.37. The summed E-state index contributed by atoms with van der Waals surface area (Å²) in [4.78, 5) is 14.1. The summed E-state index contributed by atoms with van der Waals surface area (Å²) < 4.78 is 15.8. The van der Waals surface area contributed by atoms with Gasteiger partial charge in [-0.25, -0.2) is 9.37 Å². The lowest BCUT2D eigenvalue weighted by molar-refractivity contribution is 0.627. The lowest BCUT2D eigenvalue weighted by Gasteiger charge is -2.20. The van der Waals surface area contributed by atoms with Crippen LogP contribution in [0, 0.1) is 12.7 Å². The fraction of sp³-hybridized carbons (Fsp3) is 0.148. The molecule has 1 aliphatic heterocycles. The fourth-order valence-electron chi connectivity index (χ4n) is 3.97. The van der Waals surface area contributed by atoms with Crippen LogP contribution in [0.15, 0.2) is 84.1 Å². The van der Waals surface area contributed by atoms with E-state index in [1.54, 1.807) is 18.3 Å². The number of halogens is 1. The van der Waals surface area contributed by atoms with Gasteiger partial charge >= 0.3 is 0 Å². The maximum Gasteiger partial charge on any atom is 0.123 e. The summed E-state index contributed by atoms with van der Waals surface area (Å²) >= 11 is 0. The Morgan fingerprint density at radius 2 is 1.76 bits per heavy atom. The van der Waals surface area contributed by atoms with E-state index in [2.05, 4.69) is 28.7 Å². The van der Waals surface area contributed by atoms with E-state index in [1.807, 2.05) is 55.6 Å². The summed E-state index contributed by atoms with van der Waals surface area (Å²) in [6, 6.07) is 20.7. The Morgan fingerprint density at radius 1 is 0.970 bits per heavy atom. The average molecular weight is 438 g/mol. The Kier molecular flexibility index (Phi) is 5.34. The molecule has 0 fully saturated rings.